The molecule has 0 bridgehead atoms. The van der Waals surface area contributed by atoms with Crippen LogP contribution in [0.15, 0.2) is 47.6 Å². The standard InChI is InChI=1S/C21H21FN6O4S/c1-12-8-9-14(10-17(12)28(31)32)24-18(29)11-33-21-26-25-19(27(21)3)13(2)23-20(30)15-6-4-5-7-16(15)22/h4-10,13H,11H2,1-3H3,(H,23,30)(H,24,29)/t13-/m1/s1. The van der Waals surface area contributed by atoms with E-state index in [0.717, 1.165) is 11.8 Å². The topological polar surface area (TPSA) is 132 Å². The fraction of sp³-hybridized carbons (Fsp3) is 0.238. The molecule has 1 heterocycles. The number of nitrogens with one attached hydrogen (secondary N) is 2. The van der Waals surface area contributed by atoms with Crippen LogP contribution in [0.5, 0.6) is 0 Å². The van der Waals surface area contributed by atoms with Gasteiger partial charge in [0.15, 0.2) is 11.0 Å². The first-order valence-electron chi connectivity index (χ1n) is 9.79. The van der Waals surface area contributed by atoms with E-state index in [-0.39, 0.29) is 22.9 Å². The molecule has 10 nitrogen and oxygen atoms in total. The van der Waals surface area contributed by atoms with Crippen LogP contribution in [0.4, 0.5) is 15.8 Å². The Morgan fingerprint density at radius 1 is 1.24 bits per heavy atom. The van der Waals surface area contributed by atoms with Crippen LogP contribution in [0.2, 0.25) is 0 Å². The van der Waals surface area contributed by atoms with Gasteiger partial charge >= 0.3 is 0 Å². The number of halogens is 1. The predicted molar refractivity (Wildman–Crippen MR) is 120 cm³/mol. The molecule has 172 valence electrons. The Bertz CT molecular complexity index is 1220. The zero-order valence-corrected chi connectivity index (χ0v) is 18.9. The van der Waals surface area contributed by atoms with Crippen molar-refractivity contribution in [3.63, 3.8) is 0 Å². The average molecular weight is 473 g/mol. The van der Waals surface area contributed by atoms with E-state index in [9.17, 15) is 24.1 Å². The molecule has 0 aliphatic rings. The highest BCUT2D eigenvalue weighted by Gasteiger charge is 2.20. The molecule has 2 amide bonds. The molecule has 0 saturated carbocycles. The molecule has 0 saturated heterocycles. The number of hydrogen-bond donors (Lipinski definition) is 2. The van der Waals surface area contributed by atoms with Crippen LogP contribution < -0.4 is 10.6 Å². The Morgan fingerprint density at radius 2 is 1.97 bits per heavy atom. The summed E-state index contributed by atoms with van der Waals surface area (Å²) in [7, 11) is 1.69. The van der Waals surface area contributed by atoms with Gasteiger partial charge in [-0.15, -0.1) is 10.2 Å². The molecule has 0 fully saturated rings. The van der Waals surface area contributed by atoms with Gasteiger partial charge in [0.05, 0.1) is 22.3 Å². The lowest BCUT2D eigenvalue weighted by molar-refractivity contribution is -0.385. The van der Waals surface area contributed by atoms with Gasteiger partial charge in [0, 0.05) is 24.4 Å². The number of thioether (sulfide) groups is 1. The molecule has 1 atom stereocenters. The summed E-state index contributed by atoms with van der Waals surface area (Å²) in [6.07, 6.45) is 0. The van der Waals surface area contributed by atoms with Crippen LogP contribution in [0.25, 0.3) is 0 Å². The minimum atomic E-state index is -0.624. The fourth-order valence-electron chi connectivity index (χ4n) is 3.02. The number of rotatable bonds is 8. The molecule has 0 aliphatic heterocycles. The summed E-state index contributed by atoms with van der Waals surface area (Å²) in [6.45, 7) is 3.30. The van der Waals surface area contributed by atoms with Gasteiger partial charge < -0.3 is 15.2 Å². The van der Waals surface area contributed by atoms with Crippen molar-refractivity contribution in [3.8, 4) is 0 Å². The quantitative estimate of drug-likeness (QED) is 0.292. The van der Waals surface area contributed by atoms with Gasteiger partial charge in [-0.25, -0.2) is 4.39 Å². The van der Waals surface area contributed by atoms with Gasteiger partial charge in [-0.05, 0) is 32.0 Å². The summed E-state index contributed by atoms with van der Waals surface area (Å²) in [5.74, 6) is -1.16. The second-order valence-electron chi connectivity index (χ2n) is 7.17. The minimum Gasteiger partial charge on any atom is -0.342 e. The van der Waals surface area contributed by atoms with Crippen molar-refractivity contribution in [2.45, 2.75) is 25.0 Å². The van der Waals surface area contributed by atoms with Crippen LogP contribution in [0, 0.1) is 22.9 Å². The molecular weight excluding hydrogens is 451 g/mol. The van der Waals surface area contributed by atoms with Crippen LogP contribution >= 0.6 is 11.8 Å². The number of amides is 2. The molecule has 1 aromatic heterocycles. The van der Waals surface area contributed by atoms with Crippen molar-refractivity contribution in [1.82, 2.24) is 20.1 Å². The van der Waals surface area contributed by atoms with Crippen molar-refractivity contribution in [2.75, 3.05) is 11.1 Å². The van der Waals surface area contributed by atoms with Gasteiger partial charge in [0.25, 0.3) is 11.6 Å². The highest BCUT2D eigenvalue weighted by molar-refractivity contribution is 7.99. The molecule has 3 rings (SSSR count). The van der Waals surface area contributed by atoms with E-state index in [1.54, 1.807) is 43.7 Å². The summed E-state index contributed by atoms with van der Waals surface area (Å²) in [5.41, 5.74) is 0.662. The first-order valence-corrected chi connectivity index (χ1v) is 10.8. The Kier molecular flexibility index (Phi) is 7.38. The molecule has 0 unspecified atom stereocenters. The molecule has 3 aromatic rings. The van der Waals surface area contributed by atoms with E-state index < -0.39 is 22.7 Å². The van der Waals surface area contributed by atoms with Gasteiger partial charge in [-0.2, -0.15) is 0 Å². The third kappa shape index (κ3) is 5.71. The summed E-state index contributed by atoms with van der Waals surface area (Å²) < 4.78 is 15.4. The van der Waals surface area contributed by atoms with Crippen molar-refractivity contribution >= 4 is 35.0 Å². The van der Waals surface area contributed by atoms with Crippen LogP contribution in [-0.4, -0.2) is 37.3 Å². The highest BCUT2D eigenvalue weighted by Crippen LogP contribution is 2.23. The summed E-state index contributed by atoms with van der Waals surface area (Å²) in [4.78, 5) is 35.2. The molecule has 0 radical (unpaired) electrons. The van der Waals surface area contributed by atoms with Crippen LogP contribution in [0.1, 0.15) is 34.7 Å². The molecule has 2 aromatic carbocycles. The van der Waals surface area contributed by atoms with Crippen molar-refractivity contribution < 1.29 is 18.9 Å². The smallest absolute Gasteiger partial charge is 0.274 e. The fourth-order valence-corrected chi connectivity index (χ4v) is 3.74. The normalized spacial score (nSPS) is 11.6. The van der Waals surface area contributed by atoms with E-state index in [1.807, 2.05) is 0 Å². The van der Waals surface area contributed by atoms with Crippen LogP contribution in [0.3, 0.4) is 0 Å². The number of anilines is 1. The van der Waals surface area contributed by atoms with E-state index in [2.05, 4.69) is 20.8 Å². The van der Waals surface area contributed by atoms with Crippen molar-refractivity contribution in [1.29, 1.82) is 0 Å². The molecular formula is C21H21FN6O4S. The Balaban J connectivity index is 1.60. The maximum atomic E-state index is 13.8. The minimum absolute atomic E-state index is 0.0103. The number of nitro benzene ring substituents is 1. The van der Waals surface area contributed by atoms with Crippen molar-refractivity contribution in [3.05, 3.63) is 75.3 Å². The largest absolute Gasteiger partial charge is 0.342 e. The third-order valence-electron chi connectivity index (χ3n) is 4.74. The zero-order valence-electron chi connectivity index (χ0n) is 18.0. The number of benzene rings is 2. The number of aryl methyl sites for hydroxylation is 1. The average Bonchev–Trinajstić information content (AvgIpc) is 3.14. The van der Waals surface area contributed by atoms with Gasteiger partial charge in [-0.1, -0.05) is 30.0 Å². The molecule has 0 spiro atoms. The first-order chi connectivity index (χ1) is 15.7. The third-order valence-corrected chi connectivity index (χ3v) is 5.76. The van der Waals surface area contributed by atoms with Gasteiger partial charge in [0.2, 0.25) is 5.91 Å². The lowest BCUT2D eigenvalue weighted by Gasteiger charge is -2.14. The van der Waals surface area contributed by atoms with E-state index in [4.69, 9.17) is 0 Å². The Morgan fingerprint density at radius 3 is 2.67 bits per heavy atom. The summed E-state index contributed by atoms with van der Waals surface area (Å²) in [6, 6.07) is 9.55. The second-order valence-corrected chi connectivity index (χ2v) is 8.11. The Hall–Kier alpha value is -3.80. The molecule has 0 aliphatic carbocycles. The van der Waals surface area contributed by atoms with Gasteiger partial charge in [-0.3, -0.25) is 19.7 Å². The first kappa shape index (κ1) is 23.9. The number of carbonyl (C=O) groups excluding carboxylic acids is 2. The predicted octanol–water partition coefficient (Wildman–Crippen LogP) is 3.39. The highest BCUT2D eigenvalue weighted by atomic mass is 32.2. The SMILES string of the molecule is Cc1ccc(NC(=O)CSc2nnc([C@@H](C)NC(=O)c3ccccc3F)n2C)cc1[N+](=O)[O-]. The maximum Gasteiger partial charge on any atom is 0.274 e. The molecule has 2 N–H and O–H groups in total. The number of nitrogens with zero attached hydrogens (tertiary/aromatic N) is 4. The van der Waals surface area contributed by atoms with Crippen LogP contribution in [-0.2, 0) is 11.8 Å². The summed E-state index contributed by atoms with van der Waals surface area (Å²) >= 11 is 1.11. The van der Waals surface area contributed by atoms with E-state index in [1.165, 1.54) is 24.3 Å². The van der Waals surface area contributed by atoms with E-state index >= 15 is 0 Å². The lowest BCUT2D eigenvalue weighted by atomic mass is 10.2. The number of carbonyl (C=O) groups is 2. The summed E-state index contributed by atoms with van der Waals surface area (Å²) in [5, 5.41) is 24.9. The van der Waals surface area contributed by atoms with E-state index in [0.29, 0.717) is 22.2 Å². The number of hydrogen-bond acceptors (Lipinski definition) is 7. The monoisotopic (exact) mass is 472 g/mol. The van der Waals surface area contributed by atoms with Crippen molar-refractivity contribution in [2.24, 2.45) is 7.05 Å². The lowest BCUT2D eigenvalue weighted by Crippen LogP contribution is -2.29. The maximum absolute atomic E-state index is 13.8. The number of aromatic nitrogens is 3. The van der Waals surface area contributed by atoms with Gasteiger partial charge in [0.1, 0.15) is 5.82 Å². The molecule has 33 heavy (non-hydrogen) atoms. The second kappa shape index (κ2) is 10.2. The number of nitro groups is 1. The molecule has 12 heteroatoms. The zero-order chi connectivity index (χ0) is 24.1. The Labute approximate surface area is 192 Å².